The highest BCUT2D eigenvalue weighted by atomic mass is 16.6. The van der Waals surface area contributed by atoms with Crippen LogP contribution in [0.3, 0.4) is 0 Å². The van der Waals surface area contributed by atoms with Gasteiger partial charge in [-0.25, -0.2) is 0 Å². The van der Waals surface area contributed by atoms with Crippen molar-refractivity contribution in [2.75, 3.05) is 19.8 Å². The van der Waals surface area contributed by atoms with Crippen molar-refractivity contribution in [2.45, 2.75) is 59.5 Å². The van der Waals surface area contributed by atoms with Gasteiger partial charge in [0.15, 0.2) is 0 Å². The molecule has 0 N–H and O–H groups in total. The van der Waals surface area contributed by atoms with Gasteiger partial charge in [-0.05, 0) is 70.2 Å². The monoisotopic (exact) mass is 334 g/mol. The highest BCUT2D eigenvalue weighted by Gasteiger charge is 2.27. The Hall–Kier alpha value is -1.46. The zero-order valence-electron chi connectivity index (χ0n) is 15.4. The van der Waals surface area contributed by atoms with E-state index in [2.05, 4.69) is 11.8 Å². The maximum absolute atomic E-state index is 11.1. The molecule has 0 bridgehead atoms. The van der Waals surface area contributed by atoms with Gasteiger partial charge in [0.25, 0.3) is 5.69 Å². The normalized spacial score (nSPS) is 21.8. The lowest BCUT2D eigenvalue weighted by molar-refractivity contribution is -0.386. The number of ether oxygens (including phenoxy) is 1. The van der Waals surface area contributed by atoms with E-state index in [1.54, 1.807) is 0 Å². The average Bonchev–Trinajstić information content (AvgIpc) is 2.52. The van der Waals surface area contributed by atoms with Crippen LogP contribution in [0.1, 0.15) is 49.8 Å². The molecule has 2 atom stereocenters. The van der Waals surface area contributed by atoms with Crippen molar-refractivity contribution in [3.63, 3.8) is 0 Å². The van der Waals surface area contributed by atoms with E-state index in [0.29, 0.717) is 12.0 Å². The number of nitro benzene ring substituents is 1. The zero-order valence-corrected chi connectivity index (χ0v) is 15.4. The molecule has 0 saturated carbocycles. The van der Waals surface area contributed by atoms with Crippen LogP contribution in [0.25, 0.3) is 0 Å². The Labute approximate surface area is 145 Å². The van der Waals surface area contributed by atoms with Gasteiger partial charge in [0.05, 0.1) is 4.92 Å². The van der Waals surface area contributed by atoms with Gasteiger partial charge in [-0.2, -0.15) is 0 Å². The Balaban J connectivity index is 2.06. The molecule has 1 aliphatic heterocycles. The highest BCUT2D eigenvalue weighted by molar-refractivity contribution is 5.48. The molecule has 0 radical (unpaired) electrons. The molecule has 1 aromatic carbocycles. The summed E-state index contributed by atoms with van der Waals surface area (Å²) in [5, 5.41) is 11.1. The molecule has 1 aliphatic rings. The van der Waals surface area contributed by atoms with E-state index in [-0.39, 0.29) is 10.6 Å². The van der Waals surface area contributed by atoms with E-state index >= 15 is 0 Å². The molecule has 134 valence electrons. The van der Waals surface area contributed by atoms with Gasteiger partial charge in [-0.1, -0.05) is 6.92 Å². The van der Waals surface area contributed by atoms with Crippen LogP contribution < -0.4 is 0 Å². The number of benzene rings is 1. The molecule has 2 rings (SSSR count). The molecule has 0 spiro atoms. The number of likely N-dealkylation sites (tertiary alicyclic amines) is 1. The summed E-state index contributed by atoms with van der Waals surface area (Å²) in [6.45, 7) is 11.6. The Bertz CT molecular complexity index is 551. The summed E-state index contributed by atoms with van der Waals surface area (Å²) in [5.41, 5.74) is 2.95. The van der Waals surface area contributed by atoms with E-state index < -0.39 is 0 Å². The molecular weight excluding hydrogens is 304 g/mol. The summed E-state index contributed by atoms with van der Waals surface area (Å²) in [6.07, 6.45) is 3.48. The number of nitrogens with zero attached hydrogens (tertiary/aromatic N) is 2. The molecule has 0 aliphatic carbocycles. The third-order valence-corrected chi connectivity index (χ3v) is 5.09. The van der Waals surface area contributed by atoms with Gasteiger partial charge < -0.3 is 4.74 Å². The first-order chi connectivity index (χ1) is 11.5. The van der Waals surface area contributed by atoms with Crippen LogP contribution in [-0.2, 0) is 11.3 Å². The number of hydrogen-bond acceptors (Lipinski definition) is 4. The Morgan fingerprint density at radius 1 is 1.29 bits per heavy atom. The fourth-order valence-corrected chi connectivity index (χ4v) is 3.91. The number of rotatable bonds is 7. The van der Waals surface area contributed by atoms with E-state index in [4.69, 9.17) is 4.74 Å². The van der Waals surface area contributed by atoms with Crippen molar-refractivity contribution in [1.82, 2.24) is 4.90 Å². The lowest BCUT2D eigenvalue weighted by Gasteiger charge is -2.39. The van der Waals surface area contributed by atoms with Crippen LogP contribution in [0.4, 0.5) is 5.69 Å². The van der Waals surface area contributed by atoms with Crippen LogP contribution in [0, 0.1) is 29.9 Å². The molecule has 1 fully saturated rings. The molecular formula is C19H30N2O3. The molecule has 0 aromatic heterocycles. The first-order valence-corrected chi connectivity index (χ1v) is 9.02. The summed E-state index contributed by atoms with van der Waals surface area (Å²) < 4.78 is 5.60. The van der Waals surface area contributed by atoms with Crippen LogP contribution in [0.5, 0.6) is 0 Å². The van der Waals surface area contributed by atoms with Gasteiger partial charge in [-0.15, -0.1) is 0 Å². The summed E-state index contributed by atoms with van der Waals surface area (Å²) in [7, 11) is 0. The van der Waals surface area contributed by atoms with Crippen LogP contribution in [0.15, 0.2) is 12.1 Å². The van der Waals surface area contributed by atoms with Gasteiger partial charge in [0.1, 0.15) is 0 Å². The first-order valence-electron chi connectivity index (χ1n) is 9.02. The van der Waals surface area contributed by atoms with Gasteiger partial charge in [0, 0.05) is 36.9 Å². The topological polar surface area (TPSA) is 55.6 Å². The smallest absolute Gasteiger partial charge is 0.275 e. The minimum absolute atomic E-state index is 0.251. The Kier molecular flexibility index (Phi) is 6.75. The molecule has 5 nitrogen and oxygen atoms in total. The quantitative estimate of drug-likeness (QED) is 0.553. The Morgan fingerprint density at radius 2 is 1.96 bits per heavy atom. The van der Waals surface area contributed by atoms with Crippen LogP contribution in [0.2, 0.25) is 0 Å². The van der Waals surface area contributed by atoms with E-state index in [0.717, 1.165) is 43.9 Å². The zero-order chi connectivity index (χ0) is 17.7. The molecule has 0 amide bonds. The molecule has 5 heteroatoms. The number of piperidine rings is 1. The predicted octanol–water partition coefficient (Wildman–Crippen LogP) is 4.24. The second-order valence-electron chi connectivity index (χ2n) is 6.92. The third kappa shape index (κ3) is 4.54. The number of aryl methyl sites for hydroxylation is 2. The van der Waals surface area contributed by atoms with Crippen molar-refractivity contribution >= 4 is 5.69 Å². The van der Waals surface area contributed by atoms with Crippen molar-refractivity contribution in [3.8, 4) is 0 Å². The average molecular weight is 334 g/mol. The standard InChI is InChI=1S/C19H30N2O3/c1-5-18-11-16(13-24-6-2)7-8-20(18)12-17-9-14(3)19(21(22)23)15(4)10-17/h9-10,16,18H,5-8,11-13H2,1-4H3. The molecule has 24 heavy (non-hydrogen) atoms. The van der Waals surface area contributed by atoms with Crippen molar-refractivity contribution < 1.29 is 9.66 Å². The van der Waals surface area contributed by atoms with E-state index in [1.165, 1.54) is 18.4 Å². The maximum Gasteiger partial charge on any atom is 0.275 e. The lowest BCUT2D eigenvalue weighted by atomic mass is 9.89. The summed E-state index contributed by atoms with van der Waals surface area (Å²) in [4.78, 5) is 13.4. The lowest BCUT2D eigenvalue weighted by Crippen LogP contribution is -2.42. The number of nitro groups is 1. The van der Waals surface area contributed by atoms with E-state index in [1.807, 2.05) is 32.9 Å². The van der Waals surface area contributed by atoms with Gasteiger partial charge in [0.2, 0.25) is 0 Å². The molecule has 1 saturated heterocycles. The van der Waals surface area contributed by atoms with Crippen LogP contribution in [-0.4, -0.2) is 35.6 Å². The van der Waals surface area contributed by atoms with Gasteiger partial charge >= 0.3 is 0 Å². The Morgan fingerprint density at radius 3 is 2.50 bits per heavy atom. The molecule has 1 aromatic rings. The highest BCUT2D eigenvalue weighted by Crippen LogP contribution is 2.29. The summed E-state index contributed by atoms with van der Waals surface area (Å²) in [6, 6.07) is 4.52. The summed E-state index contributed by atoms with van der Waals surface area (Å²) >= 11 is 0. The van der Waals surface area contributed by atoms with Crippen molar-refractivity contribution in [2.24, 2.45) is 5.92 Å². The minimum atomic E-state index is -0.275. The van der Waals surface area contributed by atoms with Crippen molar-refractivity contribution in [1.29, 1.82) is 0 Å². The fourth-order valence-electron chi connectivity index (χ4n) is 3.91. The molecule has 1 heterocycles. The van der Waals surface area contributed by atoms with Crippen molar-refractivity contribution in [3.05, 3.63) is 38.9 Å². The maximum atomic E-state index is 11.1. The fraction of sp³-hybridized carbons (Fsp3) is 0.684. The second-order valence-corrected chi connectivity index (χ2v) is 6.92. The van der Waals surface area contributed by atoms with Crippen LogP contribution >= 0.6 is 0 Å². The molecule has 2 unspecified atom stereocenters. The number of hydrogen-bond donors (Lipinski definition) is 0. The van der Waals surface area contributed by atoms with Gasteiger partial charge in [-0.3, -0.25) is 15.0 Å². The third-order valence-electron chi connectivity index (χ3n) is 5.09. The summed E-state index contributed by atoms with van der Waals surface area (Å²) in [5.74, 6) is 0.659. The second kappa shape index (κ2) is 8.58. The minimum Gasteiger partial charge on any atom is -0.381 e. The first kappa shape index (κ1) is 18.9. The van der Waals surface area contributed by atoms with E-state index in [9.17, 15) is 10.1 Å². The SMILES string of the molecule is CCOCC1CCN(Cc2cc(C)c([N+](=O)[O-])c(C)c2)C(CC)C1. The predicted molar refractivity (Wildman–Crippen MR) is 96.3 cm³/mol. The largest absolute Gasteiger partial charge is 0.381 e.